The molecule has 0 aliphatic rings. The van der Waals surface area contributed by atoms with Crippen molar-refractivity contribution in [3.05, 3.63) is 17.3 Å². The summed E-state index contributed by atoms with van der Waals surface area (Å²) in [7, 11) is 0. The molecule has 1 aromatic rings. The monoisotopic (exact) mass is 228 g/mol. The highest BCUT2D eigenvalue weighted by Crippen LogP contribution is 2.42. The number of hydrogen-bond acceptors (Lipinski definition) is 3. The molecule has 0 unspecified atom stereocenters. The number of alkyl halides is 5. The van der Waals surface area contributed by atoms with E-state index in [0.29, 0.717) is 6.20 Å². The first-order valence-corrected chi connectivity index (χ1v) is 3.57. The van der Waals surface area contributed by atoms with E-state index in [-0.39, 0.29) is 0 Å². The van der Waals surface area contributed by atoms with Crippen molar-refractivity contribution in [2.45, 2.75) is 12.6 Å². The Labute approximate surface area is 80.3 Å². The van der Waals surface area contributed by atoms with Gasteiger partial charge in [-0.2, -0.15) is 13.2 Å². The van der Waals surface area contributed by atoms with Crippen molar-refractivity contribution in [2.75, 3.05) is 5.73 Å². The third-order valence-electron chi connectivity index (χ3n) is 1.63. The predicted molar refractivity (Wildman–Crippen MR) is 40.3 cm³/mol. The quantitative estimate of drug-likeness (QED) is 0.725. The van der Waals surface area contributed by atoms with Crippen LogP contribution in [0.4, 0.5) is 27.8 Å². The van der Waals surface area contributed by atoms with E-state index in [1.54, 1.807) is 0 Å². The highest BCUT2D eigenvalue weighted by molar-refractivity contribution is 5.54. The molecule has 0 radical (unpaired) electrons. The first kappa shape index (κ1) is 11.5. The van der Waals surface area contributed by atoms with Crippen LogP contribution >= 0.6 is 0 Å². The zero-order valence-corrected chi connectivity index (χ0v) is 7.02. The molecule has 8 heteroatoms. The number of hydrogen-bond donors (Lipinski definition) is 2. The number of rotatable bonds is 1. The Hall–Kier alpha value is -1.60. The van der Waals surface area contributed by atoms with E-state index < -0.39 is 35.3 Å². The molecule has 1 heterocycles. The van der Waals surface area contributed by atoms with Crippen LogP contribution < -0.4 is 5.73 Å². The summed E-state index contributed by atoms with van der Waals surface area (Å²) in [5, 5.41) is 8.92. The van der Waals surface area contributed by atoms with E-state index in [4.69, 9.17) is 10.8 Å². The van der Waals surface area contributed by atoms with E-state index in [1.165, 1.54) is 0 Å². The molecule has 3 nitrogen and oxygen atoms in total. The molecule has 0 atom stereocenters. The molecule has 0 aromatic carbocycles. The van der Waals surface area contributed by atoms with Crippen LogP contribution in [-0.4, -0.2) is 10.1 Å². The fourth-order valence-electron chi connectivity index (χ4n) is 0.993. The SMILES string of the molecule is Nc1ncc(C(F)F)c(C(F)(F)F)c1O. The molecule has 0 amide bonds. The molecule has 0 fully saturated rings. The summed E-state index contributed by atoms with van der Waals surface area (Å²) in [6, 6.07) is 0. The van der Waals surface area contributed by atoms with Crippen molar-refractivity contribution >= 4 is 5.82 Å². The maximum Gasteiger partial charge on any atom is 0.420 e. The number of anilines is 1. The van der Waals surface area contributed by atoms with Crippen LogP contribution in [0.3, 0.4) is 0 Å². The molecule has 0 bridgehead atoms. The Morgan fingerprint density at radius 3 is 2.27 bits per heavy atom. The summed E-state index contributed by atoms with van der Waals surface area (Å²) in [6.45, 7) is 0. The van der Waals surface area contributed by atoms with E-state index in [2.05, 4.69) is 4.98 Å². The summed E-state index contributed by atoms with van der Waals surface area (Å²) < 4.78 is 61.2. The van der Waals surface area contributed by atoms with Gasteiger partial charge in [-0.15, -0.1) is 0 Å². The number of halogens is 5. The lowest BCUT2D eigenvalue weighted by molar-refractivity contribution is -0.140. The van der Waals surface area contributed by atoms with E-state index in [9.17, 15) is 22.0 Å². The highest BCUT2D eigenvalue weighted by Gasteiger charge is 2.40. The molecule has 0 saturated heterocycles. The first-order chi connectivity index (χ1) is 6.75. The second-order valence-corrected chi connectivity index (χ2v) is 2.62. The van der Waals surface area contributed by atoms with Gasteiger partial charge in [0.15, 0.2) is 11.6 Å². The smallest absolute Gasteiger partial charge is 0.420 e. The van der Waals surface area contributed by atoms with Crippen LogP contribution in [0.5, 0.6) is 5.75 Å². The van der Waals surface area contributed by atoms with Gasteiger partial charge in [0.2, 0.25) is 0 Å². The van der Waals surface area contributed by atoms with Crippen molar-refractivity contribution in [3.8, 4) is 5.75 Å². The molecule has 0 spiro atoms. The Balaban J connectivity index is 3.49. The van der Waals surface area contributed by atoms with Crippen molar-refractivity contribution < 1.29 is 27.1 Å². The van der Waals surface area contributed by atoms with Crippen LogP contribution in [0.25, 0.3) is 0 Å². The van der Waals surface area contributed by atoms with E-state index >= 15 is 0 Å². The largest absolute Gasteiger partial charge is 0.504 e. The van der Waals surface area contributed by atoms with Gasteiger partial charge in [0.25, 0.3) is 6.43 Å². The average Bonchev–Trinajstić information content (AvgIpc) is 2.06. The Kier molecular flexibility index (Phi) is 2.69. The van der Waals surface area contributed by atoms with Gasteiger partial charge in [0, 0.05) is 6.20 Å². The number of nitrogen functional groups attached to an aromatic ring is 1. The lowest BCUT2D eigenvalue weighted by atomic mass is 10.1. The first-order valence-electron chi connectivity index (χ1n) is 3.57. The Morgan fingerprint density at radius 2 is 1.87 bits per heavy atom. The van der Waals surface area contributed by atoms with Crippen molar-refractivity contribution in [1.82, 2.24) is 4.98 Å². The van der Waals surface area contributed by atoms with Crippen molar-refractivity contribution in [3.63, 3.8) is 0 Å². The van der Waals surface area contributed by atoms with Gasteiger partial charge in [0.1, 0.15) is 5.56 Å². The molecule has 1 rings (SSSR count). The molecule has 84 valence electrons. The fraction of sp³-hybridized carbons (Fsp3) is 0.286. The molecule has 1 aromatic heterocycles. The van der Waals surface area contributed by atoms with Gasteiger partial charge in [-0.25, -0.2) is 13.8 Å². The maximum atomic E-state index is 12.3. The molecule has 0 saturated carbocycles. The van der Waals surface area contributed by atoms with Crippen LogP contribution in [-0.2, 0) is 6.18 Å². The Morgan fingerprint density at radius 1 is 1.33 bits per heavy atom. The zero-order chi connectivity index (χ0) is 11.8. The van der Waals surface area contributed by atoms with Crippen LogP contribution in [0.1, 0.15) is 17.6 Å². The van der Waals surface area contributed by atoms with Gasteiger partial charge < -0.3 is 10.8 Å². The average molecular weight is 228 g/mol. The predicted octanol–water partition coefficient (Wildman–Crippen LogP) is 2.33. The Bertz CT molecular complexity index is 376. The van der Waals surface area contributed by atoms with E-state index in [0.717, 1.165) is 0 Å². The van der Waals surface area contributed by atoms with Gasteiger partial charge in [-0.05, 0) is 0 Å². The van der Waals surface area contributed by atoms with Gasteiger partial charge >= 0.3 is 6.18 Å². The standard InChI is InChI=1S/C7H5F5N2O/c8-5(9)2-1-14-6(13)4(15)3(2)7(10,11)12/h1,5,15H,(H2,13,14). The van der Waals surface area contributed by atoms with Gasteiger partial charge in [0.05, 0.1) is 5.56 Å². The molecular formula is C7H5F5N2O. The topological polar surface area (TPSA) is 59.1 Å². The second-order valence-electron chi connectivity index (χ2n) is 2.62. The minimum absolute atomic E-state index is 0.294. The normalized spacial score (nSPS) is 12.1. The zero-order valence-electron chi connectivity index (χ0n) is 7.02. The molecule has 15 heavy (non-hydrogen) atoms. The number of pyridine rings is 1. The fourth-order valence-corrected chi connectivity index (χ4v) is 0.993. The third-order valence-corrected chi connectivity index (χ3v) is 1.63. The van der Waals surface area contributed by atoms with Gasteiger partial charge in [-0.3, -0.25) is 0 Å². The van der Waals surface area contributed by atoms with Crippen molar-refractivity contribution in [1.29, 1.82) is 0 Å². The molecule has 0 aliphatic heterocycles. The lowest BCUT2D eigenvalue weighted by Crippen LogP contribution is -2.12. The summed E-state index contributed by atoms with van der Waals surface area (Å²) in [5.74, 6) is -2.31. The maximum absolute atomic E-state index is 12.3. The number of nitrogens with two attached hydrogens (primary N) is 1. The minimum atomic E-state index is -5.10. The summed E-state index contributed by atoms with van der Waals surface area (Å²) in [4.78, 5) is 3.02. The number of aromatic nitrogens is 1. The molecular weight excluding hydrogens is 223 g/mol. The number of nitrogens with zero attached hydrogens (tertiary/aromatic N) is 1. The molecule has 3 N–H and O–H groups in total. The van der Waals surface area contributed by atoms with Crippen LogP contribution in [0.15, 0.2) is 6.20 Å². The highest BCUT2D eigenvalue weighted by atomic mass is 19.4. The van der Waals surface area contributed by atoms with Crippen LogP contribution in [0.2, 0.25) is 0 Å². The summed E-state index contributed by atoms with van der Waals surface area (Å²) in [6.07, 6.45) is -8.20. The lowest BCUT2D eigenvalue weighted by Gasteiger charge is -2.14. The van der Waals surface area contributed by atoms with Crippen LogP contribution in [0, 0.1) is 0 Å². The molecule has 0 aliphatic carbocycles. The van der Waals surface area contributed by atoms with Gasteiger partial charge in [-0.1, -0.05) is 0 Å². The summed E-state index contributed by atoms with van der Waals surface area (Å²) in [5.41, 5.74) is 1.64. The number of aromatic hydroxyl groups is 1. The second kappa shape index (κ2) is 3.52. The third kappa shape index (κ3) is 2.08. The van der Waals surface area contributed by atoms with E-state index in [1.807, 2.05) is 0 Å². The minimum Gasteiger partial charge on any atom is -0.504 e. The summed E-state index contributed by atoms with van der Waals surface area (Å²) >= 11 is 0. The van der Waals surface area contributed by atoms with Crippen molar-refractivity contribution in [2.24, 2.45) is 0 Å².